The van der Waals surface area contributed by atoms with Gasteiger partial charge >= 0.3 is 0 Å². The summed E-state index contributed by atoms with van der Waals surface area (Å²) >= 11 is 8.90. The molecule has 0 amide bonds. The molecule has 0 heterocycles. The van der Waals surface area contributed by atoms with Crippen LogP contribution in [0.3, 0.4) is 0 Å². The second-order valence-corrected chi connectivity index (χ2v) is 6.49. The molecule has 0 unspecified atom stereocenters. The largest absolute Gasteiger partial charge is 0.380 e. The molecule has 0 fully saturated rings. The van der Waals surface area contributed by atoms with Crippen LogP contribution >= 0.6 is 54.5 Å². The molecule has 2 aromatic carbocycles. The molecular formula is C13H9Br2FIN. The van der Waals surface area contributed by atoms with E-state index >= 15 is 0 Å². The summed E-state index contributed by atoms with van der Waals surface area (Å²) in [6.45, 7) is 0.658. The Morgan fingerprint density at radius 1 is 1.11 bits per heavy atom. The van der Waals surface area contributed by atoms with Crippen LogP contribution in [0.4, 0.5) is 10.1 Å². The van der Waals surface area contributed by atoms with Crippen molar-refractivity contribution in [3.8, 4) is 0 Å². The number of rotatable bonds is 3. The molecule has 2 aromatic rings. The van der Waals surface area contributed by atoms with Gasteiger partial charge in [0.2, 0.25) is 0 Å². The Labute approximate surface area is 136 Å². The predicted octanol–water partition coefficient (Wildman–Crippen LogP) is 5.57. The smallest absolute Gasteiger partial charge is 0.138 e. The molecule has 2 rings (SSSR count). The fraction of sp³-hybridized carbons (Fsp3) is 0.0769. The average Bonchev–Trinajstić information content (AvgIpc) is 2.35. The lowest BCUT2D eigenvalue weighted by Gasteiger charge is -2.09. The predicted molar refractivity (Wildman–Crippen MR) is 88.3 cm³/mol. The van der Waals surface area contributed by atoms with Gasteiger partial charge in [0.25, 0.3) is 0 Å². The second-order valence-electron chi connectivity index (χ2n) is 3.70. The summed E-state index contributed by atoms with van der Waals surface area (Å²) in [5.41, 5.74) is 1.94. The lowest BCUT2D eigenvalue weighted by Crippen LogP contribution is -2.02. The average molecular weight is 485 g/mol. The van der Waals surface area contributed by atoms with E-state index in [0.29, 0.717) is 10.1 Å². The minimum Gasteiger partial charge on any atom is -0.380 e. The van der Waals surface area contributed by atoms with Crippen LogP contribution in [0, 0.1) is 9.39 Å². The summed E-state index contributed by atoms with van der Waals surface area (Å²) < 4.78 is 16.0. The van der Waals surface area contributed by atoms with Gasteiger partial charge in [0, 0.05) is 15.5 Å². The molecular weight excluding hydrogens is 476 g/mol. The maximum atomic E-state index is 13.4. The lowest BCUT2D eigenvalue weighted by atomic mass is 10.2. The second kappa shape index (κ2) is 6.34. The first kappa shape index (κ1) is 14.3. The fourth-order valence-electron chi connectivity index (χ4n) is 1.49. The van der Waals surface area contributed by atoms with E-state index < -0.39 is 0 Å². The van der Waals surface area contributed by atoms with Crippen LogP contribution in [0.5, 0.6) is 0 Å². The third-order valence-corrected chi connectivity index (χ3v) is 5.39. The maximum absolute atomic E-state index is 13.4. The summed E-state index contributed by atoms with van der Waals surface area (Å²) in [6, 6.07) is 11.1. The highest BCUT2D eigenvalue weighted by molar-refractivity contribution is 14.1. The van der Waals surface area contributed by atoms with Crippen molar-refractivity contribution >= 4 is 60.1 Å². The highest BCUT2D eigenvalue weighted by Crippen LogP contribution is 2.25. The minimum absolute atomic E-state index is 0.197. The van der Waals surface area contributed by atoms with Crippen molar-refractivity contribution in [1.82, 2.24) is 0 Å². The number of hydrogen-bond acceptors (Lipinski definition) is 1. The molecule has 0 saturated carbocycles. The zero-order valence-corrected chi connectivity index (χ0v) is 14.5. The van der Waals surface area contributed by atoms with Crippen molar-refractivity contribution in [1.29, 1.82) is 0 Å². The first-order chi connectivity index (χ1) is 8.58. The van der Waals surface area contributed by atoms with Gasteiger partial charge in [0.1, 0.15) is 5.82 Å². The van der Waals surface area contributed by atoms with E-state index in [1.165, 1.54) is 6.07 Å². The molecule has 0 aliphatic heterocycles. The van der Waals surface area contributed by atoms with E-state index in [2.05, 4.69) is 37.2 Å². The Kier molecular flexibility index (Phi) is 5.03. The van der Waals surface area contributed by atoms with Gasteiger partial charge in [-0.2, -0.15) is 0 Å². The van der Waals surface area contributed by atoms with Gasteiger partial charge in [0.15, 0.2) is 0 Å². The maximum Gasteiger partial charge on any atom is 0.138 e. The summed E-state index contributed by atoms with van der Waals surface area (Å²) in [6.07, 6.45) is 0. The molecule has 1 nitrogen and oxygen atoms in total. The Morgan fingerprint density at radius 3 is 2.61 bits per heavy atom. The molecule has 18 heavy (non-hydrogen) atoms. The van der Waals surface area contributed by atoms with Crippen molar-refractivity contribution in [2.24, 2.45) is 0 Å². The SMILES string of the molecule is Fc1cccc(NCc2ccc(Br)c(Br)c2)c1I. The summed E-state index contributed by atoms with van der Waals surface area (Å²) in [5, 5.41) is 3.23. The molecule has 0 aliphatic rings. The third-order valence-electron chi connectivity index (χ3n) is 2.42. The van der Waals surface area contributed by atoms with Crippen molar-refractivity contribution in [3.05, 3.63) is 60.3 Å². The van der Waals surface area contributed by atoms with E-state index in [-0.39, 0.29) is 5.82 Å². The van der Waals surface area contributed by atoms with E-state index in [1.807, 2.05) is 46.9 Å². The minimum atomic E-state index is -0.197. The molecule has 0 spiro atoms. The molecule has 94 valence electrons. The molecule has 0 aliphatic carbocycles. The Hall–Kier alpha value is -0.140. The molecule has 0 bridgehead atoms. The zero-order chi connectivity index (χ0) is 13.1. The topological polar surface area (TPSA) is 12.0 Å². The molecule has 5 heteroatoms. The Morgan fingerprint density at radius 2 is 1.89 bits per heavy atom. The van der Waals surface area contributed by atoms with Crippen LogP contribution in [-0.4, -0.2) is 0 Å². The monoisotopic (exact) mass is 483 g/mol. The lowest BCUT2D eigenvalue weighted by molar-refractivity contribution is 0.621. The summed E-state index contributed by atoms with van der Waals surface area (Å²) in [7, 11) is 0. The number of anilines is 1. The number of hydrogen-bond donors (Lipinski definition) is 1. The van der Waals surface area contributed by atoms with Gasteiger partial charge in [-0.25, -0.2) is 4.39 Å². The highest BCUT2D eigenvalue weighted by atomic mass is 127. The van der Waals surface area contributed by atoms with Gasteiger partial charge in [-0.15, -0.1) is 0 Å². The first-order valence-electron chi connectivity index (χ1n) is 5.20. The van der Waals surface area contributed by atoms with Crippen LogP contribution in [0.2, 0.25) is 0 Å². The van der Waals surface area contributed by atoms with Gasteiger partial charge in [0.05, 0.1) is 9.26 Å². The van der Waals surface area contributed by atoms with Gasteiger partial charge < -0.3 is 5.32 Å². The van der Waals surface area contributed by atoms with Crippen LogP contribution in [0.1, 0.15) is 5.56 Å². The van der Waals surface area contributed by atoms with Crippen LogP contribution in [0.25, 0.3) is 0 Å². The standard InChI is InChI=1S/C13H9Br2FIN/c14-9-5-4-8(6-10(9)15)7-18-12-3-1-2-11(16)13(12)17/h1-6,18H,7H2. The van der Waals surface area contributed by atoms with Crippen LogP contribution in [0.15, 0.2) is 45.3 Å². The number of nitrogens with one attached hydrogen (secondary N) is 1. The van der Waals surface area contributed by atoms with Gasteiger partial charge in [-0.1, -0.05) is 12.1 Å². The highest BCUT2D eigenvalue weighted by Gasteiger charge is 2.05. The molecule has 1 N–H and O–H groups in total. The normalized spacial score (nSPS) is 10.4. The molecule has 0 atom stereocenters. The Balaban J connectivity index is 2.11. The van der Waals surface area contributed by atoms with Gasteiger partial charge in [-0.3, -0.25) is 0 Å². The van der Waals surface area contributed by atoms with Crippen LogP contribution < -0.4 is 5.32 Å². The van der Waals surface area contributed by atoms with Gasteiger partial charge in [-0.05, 0) is 84.3 Å². The number of benzene rings is 2. The number of halogens is 4. The molecule has 0 radical (unpaired) electrons. The van der Waals surface area contributed by atoms with E-state index in [0.717, 1.165) is 20.2 Å². The molecule has 0 aromatic heterocycles. The fourth-order valence-corrected chi connectivity index (χ4v) is 2.71. The van der Waals surface area contributed by atoms with Crippen LogP contribution in [-0.2, 0) is 6.54 Å². The summed E-state index contributed by atoms with van der Waals surface area (Å²) in [4.78, 5) is 0. The van der Waals surface area contributed by atoms with Crippen molar-refractivity contribution in [2.45, 2.75) is 6.54 Å². The van der Waals surface area contributed by atoms with Crippen molar-refractivity contribution < 1.29 is 4.39 Å². The van der Waals surface area contributed by atoms with E-state index in [9.17, 15) is 4.39 Å². The first-order valence-corrected chi connectivity index (χ1v) is 7.86. The summed E-state index contributed by atoms with van der Waals surface area (Å²) in [5.74, 6) is -0.197. The van der Waals surface area contributed by atoms with E-state index in [1.54, 1.807) is 6.07 Å². The van der Waals surface area contributed by atoms with E-state index in [4.69, 9.17) is 0 Å². The third kappa shape index (κ3) is 3.45. The van der Waals surface area contributed by atoms with Crippen molar-refractivity contribution in [3.63, 3.8) is 0 Å². The zero-order valence-electron chi connectivity index (χ0n) is 9.18. The van der Waals surface area contributed by atoms with Crippen molar-refractivity contribution in [2.75, 3.05) is 5.32 Å². The molecule has 0 saturated heterocycles. The quantitative estimate of drug-likeness (QED) is 0.562. The Bertz CT molecular complexity index is 575.